The number of carbonyl (C=O) groups excluding carboxylic acids is 2. The highest BCUT2D eigenvalue weighted by atomic mass is 35.5. The van der Waals surface area contributed by atoms with Gasteiger partial charge in [-0.1, -0.05) is 38.4 Å². The Labute approximate surface area is 150 Å². The number of aromatic nitrogens is 2. The number of ketones is 1. The molecule has 0 radical (unpaired) electrons. The third kappa shape index (κ3) is 4.14. The van der Waals surface area contributed by atoms with Gasteiger partial charge < -0.3 is 4.74 Å². The highest BCUT2D eigenvalue weighted by Gasteiger charge is 2.27. The van der Waals surface area contributed by atoms with E-state index in [0.29, 0.717) is 10.7 Å². The van der Waals surface area contributed by atoms with E-state index in [1.165, 1.54) is 12.1 Å². The normalized spacial score (nSPS) is 11.2. The van der Waals surface area contributed by atoms with Gasteiger partial charge >= 0.3 is 5.97 Å². The fraction of sp³-hybridized carbons (Fsp3) is 0.333. The van der Waals surface area contributed by atoms with Crippen molar-refractivity contribution < 1.29 is 14.3 Å². The van der Waals surface area contributed by atoms with Crippen molar-refractivity contribution in [2.75, 3.05) is 6.61 Å². The number of benzene rings is 1. The van der Waals surface area contributed by atoms with Crippen molar-refractivity contribution in [3.05, 3.63) is 57.0 Å². The molecule has 0 saturated heterocycles. The van der Waals surface area contributed by atoms with E-state index in [4.69, 9.17) is 16.3 Å². The van der Waals surface area contributed by atoms with Gasteiger partial charge in [0.05, 0.1) is 12.3 Å². The number of carbonyl (C=O) groups is 2. The van der Waals surface area contributed by atoms with Gasteiger partial charge in [0.1, 0.15) is 11.3 Å². The Morgan fingerprint density at radius 2 is 1.92 bits per heavy atom. The highest BCUT2D eigenvalue weighted by molar-refractivity contribution is 6.30. The van der Waals surface area contributed by atoms with Crippen LogP contribution in [0.1, 0.15) is 48.5 Å². The van der Waals surface area contributed by atoms with E-state index < -0.39 is 16.9 Å². The van der Waals surface area contributed by atoms with Gasteiger partial charge in [-0.3, -0.25) is 9.59 Å². The van der Waals surface area contributed by atoms with Crippen molar-refractivity contribution in [2.45, 2.75) is 27.7 Å². The van der Waals surface area contributed by atoms with Gasteiger partial charge in [-0.15, -0.1) is 0 Å². The molecule has 0 unspecified atom stereocenters. The first-order valence-corrected chi connectivity index (χ1v) is 8.15. The van der Waals surface area contributed by atoms with Crippen molar-refractivity contribution in [3.8, 4) is 5.69 Å². The first kappa shape index (κ1) is 18.9. The van der Waals surface area contributed by atoms with Gasteiger partial charge in [-0.05, 0) is 31.2 Å². The summed E-state index contributed by atoms with van der Waals surface area (Å²) >= 11 is 5.97. The molecule has 0 amide bonds. The summed E-state index contributed by atoms with van der Waals surface area (Å²) in [5.41, 5.74) is -1.28. The van der Waals surface area contributed by atoms with Gasteiger partial charge in [0.2, 0.25) is 0 Å². The zero-order chi connectivity index (χ0) is 18.8. The molecule has 6 nitrogen and oxygen atoms in total. The second-order valence-electron chi connectivity index (χ2n) is 6.44. The van der Waals surface area contributed by atoms with E-state index in [9.17, 15) is 14.4 Å². The molecule has 7 heteroatoms. The predicted octanol–water partition coefficient (Wildman–Crippen LogP) is 3.29. The van der Waals surface area contributed by atoms with E-state index in [2.05, 4.69) is 5.10 Å². The summed E-state index contributed by atoms with van der Waals surface area (Å²) in [6.07, 6.45) is 0. The molecule has 2 aromatic rings. The van der Waals surface area contributed by atoms with E-state index >= 15 is 0 Å². The van der Waals surface area contributed by atoms with Crippen molar-refractivity contribution in [3.63, 3.8) is 0 Å². The Balaban J connectivity index is 2.74. The van der Waals surface area contributed by atoms with Crippen molar-refractivity contribution >= 4 is 23.4 Å². The third-order valence-electron chi connectivity index (χ3n) is 3.37. The Hall–Kier alpha value is -2.47. The van der Waals surface area contributed by atoms with E-state index in [1.807, 2.05) is 0 Å². The first-order valence-electron chi connectivity index (χ1n) is 7.77. The maximum atomic E-state index is 12.7. The molecular formula is C18H19ClN2O4. The van der Waals surface area contributed by atoms with Crippen LogP contribution >= 0.6 is 11.6 Å². The minimum atomic E-state index is -0.798. The number of Topliss-reactive ketones (excluding diaryl/α,β-unsaturated/α-hetero) is 1. The van der Waals surface area contributed by atoms with Crippen LogP contribution in [0, 0.1) is 5.41 Å². The number of nitrogens with zero attached hydrogens (tertiary/aromatic N) is 2. The van der Waals surface area contributed by atoms with Crippen LogP contribution in [0.5, 0.6) is 0 Å². The molecule has 0 aliphatic heterocycles. The van der Waals surface area contributed by atoms with Crippen LogP contribution in [-0.4, -0.2) is 28.1 Å². The molecule has 25 heavy (non-hydrogen) atoms. The lowest BCUT2D eigenvalue weighted by molar-refractivity contribution is 0.0523. The number of ether oxygens (including phenoxy) is 1. The molecule has 132 valence electrons. The minimum Gasteiger partial charge on any atom is -0.462 e. The topological polar surface area (TPSA) is 78.3 Å². The summed E-state index contributed by atoms with van der Waals surface area (Å²) in [4.78, 5) is 37.4. The number of halogens is 1. The van der Waals surface area contributed by atoms with E-state index in [1.54, 1.807) is 45.9 Å². The third-order valence-corrected chi connectivity index (χ3v) is 3.61. The molecule has 0 saturated carbocycles. The van der Waals surface area contributed by atoms with Crippen molar-refractivity contribution in [2.24, 2.45) is 5.41 Å². The van der Waals surface area contributed by atoms with Gasteiger partial charge in [0.15, 0.2) is 5.78 Å². The zero-order valence-electron chi connectivity index (χ0n) is 14.5. The Morgan fingerprint density at radius 3 is 2.48 bits per heavy atom. The van der Waals surface area contributed by atoms with Gasteiger partial charge in [-0.25, -0.2) is 4.79 Å². The number of rotatable bonds is 4. The molecule has 1 aromatic heterocycles. The lowest BCUT2D eigenvalue weighted by atomic mass is 9.88. The average molecular weight is 363 g/mol. The summed E-state index contributed by atoms with van der Waals surface area (Å²) in [6.45, 7) is 6.94. The Kier molecular flexibility index (Phi) is 5.42. The summed E-state index contributed by atoms with van der Waals surface area (Å²) in [7, 11) is 0. The molecule has 0 fully saturated rings. The maximum Gasteiger partial charge on any atom is 0.343 e. The quantitative estimate of drug-likeness (QED) is 0.616. The standard InChI is InChI=1S/C18H19ClN2O4/c1-5-25-17(24)13-10-14(15(22)18(2,3)4)20-21(16(13)23)12-8-6-7-11(19)9-12/h6-10H,5H2,1-4H3. The SMILES string of the molecule is CCOC(=O)c1cc(C(=O)C(C)(C)C)nn(-c2cccc(Cl)c2)c1=O. The Bertz CT molecular complexity index is 881. The monoisotopic (exact) mass is 362 g/mol. The Morgan fingerprint density at radius 1 is 1.24 bits per heavy atom. The molecular weight excluding hydrogens is 344 g/mol. The van der Waals surface area contributed by atoms with Gasteiger partial charge in [0, 0.05) is 10.4 Å². The summed E-state index contributed by atoms with van der Waals surface area (Å²) in [5, 5.41) is 4.54. The first-order chi connectivity index (χ1) is 11.6. The van der Waals surface area contributed by atoms with Gasteiger partial charge in [0.25, 0.3) is 5.56 Å². The summed E-state index contributed by atoms with van der Waals surface area (Å²) in [5.74, 6) is -1.09. The fourth-order valence-electron chi connectivity index (χ4n) is 2.13. The summed E-state index contributed by atoms with van der Waals surface area (Å²) in [6, 6.07) is 7.62. The molecule has 0 spiro atoms. The molecule has 0 N–H and O–H groups in total. The lowest BCUT2D eigenvalue weighted by Crippen LogP contribution is -2.32. The number of hydrogen-bond acceptors (Lipinski definition) is 5. The highest BCUT2D eigenvalue weighted by Crippen LogP contribution is 2.20. The maximum absolute atomic E-state index is 12.7. The average Bonchev–Trinajstić information content (AvgIpc) is 2.53. The largest absolute Gasteiger partial charge is 0.462 e. The molecule has 0 aliphatic rings. The van der Waals surface area contributed by atoms with Gasteiger partial charge in [-0.2, -0.15) is 9.78 Å². The summed E-state index contributed by atoms with van der Waals surface area (Å²) < 4.78 is 5.92. The van der Waals surface area contributed by atoms with Crippen LogP contribution in [0.2, 0.25) is 5.02 Å². The van der Waals surface area contributed by atoms with E-state index in [0.717, 1.165) is 4.68 Å². The fourth-order valence-corrected chi connectivity index (χ4v) is 2.31. The molecule has 0 bridgehead atoms. The van der Waals surface area contributed by atoms with E-state index in [-0.39, 0.29) is 23.6 Å². The van der Waals surface area contributed by atoms with Crippen LogP contribution in [0.25, 0.3) is 5.69 Å². The number of hydrogen-bond donors (Lipinski definition) is 0. The second-order valence-corrected chi connectivity index (χ2v) is 6.88. The molecule has 2 rings (SSSR count). The van der Waals surface area contributed by atoms with Crippen LogP contribution in [0.4, 0.5) is 0 Å². The molecule has 1 aromatic carbocycles. The predicted molar refractivity (Wildman–Crippen MR) is 94.6 cm³/mol. The second kappa shape index (κ2) is 7.19. The van der Waals surface area contributed by atoms with Crippen LogP contribution in [0.15, 0.2) is 35.1 Å². The van der Waals surface area contributed by atoms with Crippen LogP contribution < -0.4 is 5.56 Å². The molecule has 1 heterocycles. The molecule has 0 aliphatic carbocycles. The number of esters is 1. The lowest BCUT2D eigenvalue weighted by Gasteiger charge is -2.17. The zero-order valence-corrected chi connectivity index (χ0v) is 15.3. The minimum absolute atomic E-state index is 0.00938. The van der Waals surface area contributed by atoms with Crippen molar-refractivity contribution in [1.29, 1.82) is 0 Å². The molecule has 0 atom stereocenters. The van der Waals surface area contributed by atoms with Crippen LogP contribution in [0.3, 0.4) is 0 Å². The van der Waals surface area contributed by atoms with Crippen molar-refractivity contribution in [1.82, 2.24) is 9.78 Å². The van der Waals surface area contributed by atoms with Crippen LogP contribution in [-0.2, 0) is 4.74 Å². The smallest absolute Gasteiger partial charge is 0.343 e.